The fourth-order valence-electron chi connectivity index (χ4n) is 1.22. The molecule has 1 aromatic rings. The zero-order valence-electron chi connectivity index (χ0n) is 8.09. The number of likely N-dealkylation sites (N-methyl/N-ethyl adjacent to an activating group) is 1. The van der Waals surface area contributed by atoms with Crippen molar-refractivity contribution in [3.05, 3.63) is 35.4 Å². The number of benzene rings is 1. The fraction of sp³-hybridized carbons (Fsp3) is 0.455. The molecular formula is C11H17NO. The molecule has 0 amide bonds. The van der Waals surface area contributed by atoms with Gasteiger partial charge in [0.25, 0.3) is 0 Å². The summed E-state index contributed by atoms with van der Waals surface area (Å²) in [6.07, 6.45) is 1.06. The summed E-state index contributed by atoms with van der Waals surface area (Å²) in [5.74, 6) is 0. The minimum Gasteiger partial charge on any atom is -0.392 e. The van der Waals surface area contributed by atoms with Crippen LogP contribution in [-0.4, -0.2) is 18.2 Å². The monoisotopic (exact) mass is 179 g/mol. The standard InChI is InChI=1S/C11H17NO/c1-2-12-8-7-10-3-5-11(9-13)6-4-10/h3-6,12-13H,2,7-9H2,1H3. The molecule has 0 aromatic heterocycles. The Morgan fingerprint density at radius 2 is 1.77 bits per heavy atom. The van der Waals surface area contributed by atoms with Crippen LogP contribution in [-0.2, 0) is 13.0 Å². The molecule has 0 saturated heterocycles. The fourth-order valence-corrected chi connectivity index (χ4v) is 1.22. The van der Waals surface area contributed by atoms with E-state index >= 15 is 0 Å². The van der Waals surface area contributed by atoms with Crippen LogP contribution in [0.15, 0.2) is 24.3 Å². The first-order valence-corrected chi connectivity index (χ1v) is 4.76. The third kappa shape index (κ3) is 3.57. The zero-order valence-corrected chi connectivity index (χ0v) is 8.09. The van der Waals surface area contributed by atoms with Gasteiger partial charge in [-0.05, 0) is 30.6 Å². The molecular weight excluding hydrogens is 162 g/mol. The molecule has 2 nitrogen and oxygen atoms in total. The Balaban J connectivity index is 2.40. The van der Waals surface area contributed by atoms with Gasteiger partial charge in [-0.15, -0.1) is 0 Å². The summed E-state index contributed by atoms with van der Waals surface area (Å²) in [4.78, 5) is 0. The minimum absolute atomic E-state index is 0.132. The largest absolute Gasteiger partial charge is 0.392 e. The van der Waals surface area contributed by atoms with Crippen molar-refractivity contribution in [2.75, 3.05) is 13.1 Å². The first-order chi connectivity index (χ1) is 6.36. The highest BCUT2D eigenvalue weighted by Crippen LogP contribution is 2.04. The van der Waals surface area contributed by atoms with Crippen LogP contribution < -0.4 is 5.32 Å². The van der Waals surface area contributed by atoms with Crippen LogP contribution in [0, 0.1) is 0 Å². The van der Waals surface area contributed by atoms with E-state index < -0.39 is 0 Å². The maximum Gasteiger partial charge on any atom is 0.0681 e. The molecule has 1 aromatic carbocycles. The highest BCUT2D eigenvalue weighted by molar-refractivity contribution is 5.22. The molecule has 0 spiro atoms. The zero-order chi connectivity index (χ0) is 9.52. The first kappa shape index (κ1) is 10.2. The van der Waals surface area contributed by atoms with Gasteiger partial charge in [0.2, 0.25) is 0 Å². The molecule has 0 aliphatic heterocycles. The van der Waals surface area contributed by atoms with Gasteiger partial charge in [-0.2, -0.15) is 0 Å². The van der Waals surface area contributed by atoms with Crippen molar-refractivity contribution in [1.29, 1.82) is 0 Å². The number of hydrogen-bond donors (Lipinski definition) is 2. The summed E-state index contributed by atoms with van der Waals surface area (Å²) in [6, 6.07) is 8.09. The molecule has 72 valence electrons. The van der Waals surface area contributed by atoms with Gasteiger partial charge in [0.05, 0.1) is 6.61 Å². The lowest BCUT2D eigenvalue weighted by Crippen LogP contribution is -2.15. The molecule has 0 heterocycles. The highest BCUT2D eigenvalue weighted by Gasteiger charge is 1.92. The van der Waals surface area contributed by atoms with E-state index in [1.807, 2.05) is 12.1 Å². The number of aliphatic hydroxyl groups excluding tert-OH is 1. The topological polar surface area (TPSA) is 32.3 Å². The van der Waals surface area contributed by atoms with Crippen molar-refractivity contribution in [1.82, 2.24) is 5.32 Å². The first-order valence-electron chi connectivity index (χ1n) is 4.76. The maximum absolute atomic E-state index is 8.83. The predicted molar refractivity (Wildman–Crippen MR) is 54.6 cm³/mol. The molecule has 0 atom stereocenters. The van der Waals surface area contributed by atoms with Crippen LogP contribution in [0.25, 0.3) is 0 Å². The molecule has 0 saturated carbocycles. The smallest absolute Gasteiger partial charge is 0.0681 e. The molecule has 0 fully saturated rings. The third-order valence-electron chi connectivity index (χ3n) is 2.05. The second-order valence-electron chi connectivity index (χ2n) is 3.08. The van der Waals surface area contributed by atoms with Crippen molar-refractivity contribution in [2.24, 2.45) is 0 Å². The third-order valence-corrected chi connectivity index (χ3v) is 2.05. The molecule has 0 aliphatic carbocycles. The molecule has 13 heavy (non-hydrogen) atoms. The Morgan fingerprint density at radius 1 is 1.15 bits per heavy atom. The lowest BCUT2D eigenvalue weighted by atomic mass is 10.1. The molecule has 0 unspecified atom stereocenters. The summed E-state index contributed by atoms with van der Waals surface area (Å²) in [5.41, 5.74) is 2.30. The van der Waals surface area contributed by atoms with E-state index in [0.717, 1.165) is 25.1 Å². The average molecular weight is 179 g/mol. The van der Waals surface area contributed by atoms with Crippen LogP contribution >= 0.6 is 0 Å². The Kier molecular flexibility index (Phi) is 4.50. The van der Waals surface area contributed by atoms with Gasteiger partial charge < -0.3 is 10.4 Å². The van der Waals surface area contributed by atoms with Gasteiger partial charge >= 0.3 is 0 Å². The number of hydrogen-bond acceptors (Lipinski definition) is 2. The average Bonchev–Trinajstić information content (AvgIpc) is 2.19. The molecule has 1 rings (SSSR count). The van der Waals surface area contributed by atoms with E-state index in [2.05, 4.69) is 24.4 Å². The highest BCUT2D eigenvalue weighted by atomic mass is 16.3. The van der Waals surface area contributed by atoms with Crippen molar-refractivity contribution in [2.45, 2.75) is 20.0 Å². The number of aliphatic hydroxyl groups is 1. The van der Waals surface area contributed by atoms with Crippen LogP contribution in [0.3, 0.4) is 0 Å². The van der Waals surface area contributed by atoms with Gasteiger partial charge in [0.15, 0.2) is 0 Å². The summed E-state index contributed by atoms with van der Waals surface area (Å²) < 4.78 is 0. The Morgan fingerprint density at radius 3 is 2.31 bits per heavy atom. The molecule has 2 heteroatoms. The van der Waals surface area contributed by atoms with E-state index in [-0.39, 0.29) is 6.61 Å². The van der Waals surface area contributed by atoms with E-state index in [1.54, 1.807) is 0 Å². The molecule has 0 bridgehead atoms. The Bertz CT molecular complexity index is 230. The van der Waals surface area contributed by atoms with E-state index in [4.69, 9.17) is 5.11 Å². The van der Waals surface area contributed by atoms with Crippen LogP contribution in [0.5, 0.6) is 0 Å². The van der Waals surface area contributed by atoms with E-state index in [9.17, 15) is 0 Å². The van der Waals surface area contributed by atoms with Gasteiger partial charge in [-0.3, -0.25) is 0 Å². The van der Waals surface area contributed by atoms with Gasteiger partial charge in [0.1, 0.15) is 0 Å². The van der Waals surface area contributed by atoms with Gasteiger partial charge in [-0.1, -0.05) is 31.2 Å². The quantitative estimate of drug-likeness (QED) is 0.668. The summed E-state index contributed by atoms with van der Waals surface area (Å²) in [6.45, 7) is 4.28. The number of rotatable bonds is 5. The summed E-state index contributed by atoms with van der Waals surface area (Å²) >= 11 is 0. The lowest BCUT2D eigenvalue weighted by molar-refractivity contribution is 0.282. The normalized spacial score (nSPS) is 10.3. The van der Waals surface area contributed by atoms with Crippen LogP contribution in [0.1, 0.15) is 18.1 Å². The number of nitrogens with one attached hydrogen (secondary N) is 1. The van der Waals surface area contributed by atoms with Crippen molar-refractivity contribution >= 4 is 0 Å². The van der Waals surface area contributed by atoms with Crippen molar-refractivity contribution in [3.63, 3.8) is 0 Å². The van der Waals surface area contributed by atoms with Gasteiger partial charge in [0, 0.05) is 0 Å². The van der Waals surface area contributed by atoms with Crippen LogP contribution in [0.4, 0.5) is 0 Å². The Labute approximate surface area is 79.6 Å². The van der Waals surface area contributed by atoms with Crippen molar-refractivity contribution in [3.8, 4) is 0 Å². The molecule has 2 N–H and O–H groups in total. The molecule has 0 aliphatic rings. The Hall–Kier alpha value is -0.860. The van der Waals surface area contributed by atoms with E-state index in [0.29, 0.717) is 0 Å². The summed E-state index contributed by atoms with van der Waals surface area (Å²) in [7, 11) is 0. The minimum atomic E-state index is 0.132. The maximum atomic E-state index is 8.83. The second-order valence-corrected chi connectivity index (χ2v) is 3.08. The lowest BCUT2D eigenvalue weighted by Gasteiger charge is -2.02. The summed E-state index contributed by atoms with van der Waals surface area (Å²) in [5, 5.41) is 12.1. The second kappa shape index (κ2) is 5.73. The predicted octanol–water partition coefficient (Wildman–Crippen LogP) is 1.33. The molecule has 0 radical (unpaired) electrons. The van der Waals surface area contributed by atoms with E-state index in [1.165, 1.54) is 5.56 Å². The SMILES string of the molecule is CCNCCc1ccc(CO)cc1. The van der Waals surface area contributed by atoms with Crippen molar-refractivity contribution < 1.29 is 5.11 Å². The van der Waals surface area contributed by atoms with Crippen LogP contribution in [0.2, 0.25) is 0 Å². The van der Waals surface area contributed by atoms with Gasteiger partial charge in [-0.25, -0.2) is 0 Å².